The summed E-state index contributed by atoms with van der Waals surface area (Å²) >= 11 is 19.1. The molecule has 36 heavy (non-hydrogen) atoms. The van der Waals surface area contributed by atoms with Crippen LogP contribution >= 0.6 is 46.1 Å². The van der Waals surface area contributed by atoms with Crippen LogP contribution in [0.2, 0.25) is 15.1 Å². The highest BCUT2D eigenvalue weighted by Gasteiger charge is 2.63. The topological polar surface area (TPSA) is 79.8 Å². The lowest BCUT2D eigenvalue weighted by Gasteiger charge is -2.30. The molecule has 0 bridgehead atoms. The summed E-state index contributed by atoms with van der Waals surface area (Å²) < 4.78 is 43.4. The van der Waals surface area contributed by atoms with Gasteiger partial charge in [-0.15, -0.1) is 11.3 Å². The van der Waals surface area contributed by atoms with Gasteiger partial charge in [0.2, 0.25) is 5.91 Å². The van der Waals surface area contributed by atoms with Crippen molar-refractivity contribution in [1.82, 2.24) is 10.6 Å². The monoisotopic (exact) mass is 579 g/mol. The number of thiophene rings is 1. The Morgan fingerprint density at radius 2 is 1.83 bits per heavy atom. The number of oxime groups is 1. The number of nitrogens with zero attached hydrogens (tertiary/aromatic N) is 1. The van der Waals surface area contributed by atoms with Gasteiger partial charge in [-0.05, 0) is 55.4 Å². The lowest BCUT2D eigenvalue weighted by atomic mass is 9.85. The van der Waals surface area contributed by atoms with Crippen LogP contribution in [0.1, 0.15) is 56.9 Å². The van der Waals surface area contributed by atoms with E-state index in [1.54, 1.807) is 0 Å². The fourth-order valence-corrected chi connectivity index (χ4v) is 6.69. The van der Waals surface area contributed by atoms with Gasteiger partial charge in [-0.2, -0.15) is 13.2 Å². The number of carbonyl (C=O) groups is 2. The third-order valence-corrected chi connectivity index (χ3v) is 9.20. The Hall–Kier alpha value is -2.01. The summed E-state index contributed by atoms with van der Waals surface area (Å²) in [5.74, 6) is -0.665. The number of fused-ring (bicyclic) bond motifs is 1. The summed E-state index contributed by atoms with van der Waals surface area (Å²) in [5, 5.41) is 8.96. The van der Waals surface area contributed by atoms with Crippen molar-refractivity contribution in [3.05, 3.63) is 53.6 Å². The first-order valence-corrected chi connectivity index (χ1v) is 13.2. The van der Waals surface area contributed by atoms with Gasteiger partial charge in [0.25, 0.3) is 11.5 Å². The zero-order valence-corrected chi connectivity index (χ0v) is 21.6. The normalized spacial score (nSPS) is 23.7. The molecule has 2 aliphatic heterocycles. The van der Waals surface area contributed by atoms with Gasteiger partial charge < -0.3 is 15.5 Å². The average molecular weight is 581 g/mol. The molecule has 1 aromatic carbocycles. The Balaban J connectivity index is 1.51. The second-order valence-electron chi connectivity index (χ2n) is 8.91. The molecular weight excluding hydrogens is 562 g/mol. The van der Waals surface area contributed by atoms with Crippen LogP contribution in [0.4, 0.5) is 13.2 Å². The molecule has 2 atom stereocenters. The molecule has 0 spiro atoms. The average Bonchev–Trinajstić information content (AvgIpc) is 3.54. The largest absolute Gasteiger partial charge is 0.435 e. The van der Waals surface area contributed by atoms with Gasteiger partial charge in [0.05, 0.1) is 31.2 Å². The van der Waals surface area contributed by atoms with Gasteiger partial charge in [-0.1, -0.05) is 40.0 Å². The van der Waals surface area contributed by atoms with Crippen molar-refractivity contribution in [3.63, 3.8) is 0 Å². The van der Waals surface area contributed by atoms with Crippen LogP contribution in [-0.4, -0.2) is 36.3 Å². The summed E-state index contributed by atoms with van der Waals surface area (Å²) in [6.45, 7) is 0.476. The minimum Gasteiger partial charge on any atom is -0.374 e. The van der Waals surface area contributed by atoms with E-state index in [2.05, 4.69) is 15.8 Å². The molecule has 2 amide bonds. The second kappa shape index (κ2) is 9.38. The van der Waals surface area contributed by atoms with Crippen molar-refractivity contribution in [3.8, 4) is 0 Å². The van der Waals surface area contributed by atoms with E-state index in [1.165, 1.54) is 0 Å². The maximum absolute atomic E-state index is 14.5. The third kappa shape index (κ3) is 4.25. The first kappa shape index (κ1) is 25.6. The van der Waals surface area contributed by atoms with Crippen molar-refractivity contribution >= 4 is 63.7 Å². The first-order valence-electron chi connectivity index (χ1n) is 11.2. The number of rotatable bonds is 4. The lowest BCUT2D eigenvalue weighted by molar-refractivity contribution is -0.275. The predicted molar refractivity (Wildman–Crippen MR) is 131 cm³/mol. The van der Waals surface area contributed by atoms with Crippen LogP contribution in [0.25, 0.3) is 0 Å². The molecule has 2 N–H and O–H groups in total. The quantitative estimate of drug-likeness (QED) is 0.450. The van der Waals surface area contributed by atoms with E-state index in [0.717, 1.165) is 47.4 Å². The Labute approximate surface area is 223 Å². The molecular formula is C23H19Cl3F3N3O3S. The summed E-state index contributed by atoms with van der Waals surface area (Å²) in [4.78, 5) is 31.0. The molecule has 5 rings (SSSR count). The molecule has 1 fully saturated rings. The first-order chi connectivity index (χ1) is 17.0. The molecule has 1 aliphatic carbocycles. The van der Waals surface area contributed by atoms with E-state index < -0.39 is 30.1 Å². The van der Waals surface area contributed by atoms with Gasteiger partial charge in [-0.3, -0.25) is 9.59 Å². The van der Waals surface area contributed by atoms with Crippen LogP contribution < -0.4 is 10.6 Å². The fraction of sp³-hybridized carbons (Fsp3) is 0.435. The number of nitrogens with one attached hydrogen (secondary N) is 2. The highest BCUT2D eigenvalue weighted by atomic mass is 35.5. The van der Waals surface area contributed by atoms with Crippen LogP contribution in [0.5, 0.6) is 0 Å². The van der Waals surface area contributed by atoms with E-state index in [-0.39, 0.29) is 32.3 Å². The number of hydrogen-bond acceptors (Lipinski definition) is 5. The molecule has 1 saturated heterocycles. The standard InChI is InChI=1S/C23H19Cl3F3N3O3S/c24-13-7-10(8-14(25)17(13)26)22(23(27,28)29)9-16(32-35-22)18-11-3-1-2-4-12(11)19(36-18)21(34)31-15-5-6-30-20(15)33/h7-8,15H,1-6,9H2,(H,30,33)(H,31,34)/t15-,22?/m1/s1. The molecule has 1 aromatic heterocycles. The van der Waals surface area contributed by atoms with Crippen molar-refractivity contribution in [2.24, 2.45) is 5.16 Å². The molecule has 192 valence electrons. The zero-order chi connectivity index (χ0) is 25.8. The van der Waals surface area contributed by atoms with E-state index in [4.69, 9.17) is 39.6 Å². The van der Waals surface area contributed by atoms with Crippen LogP contribution in [-0.2, 0) is 28.1 Å². The number of alkyl halides is 3. The Kier molecular flexibility index (Phi) is 6.68. The van der Waals surface area contributed by atoms with Gasteiger partial charge in [-0.25, -0.2) is 0 Å². The summed E-state index contributed by atoms with van der Waals surface area (Å²) in [5.41, 5.74) is -1.43. The van der Waals surface area contributed by atoms with E-state index >= 15 is 0 Å². The Bertz CT molecular complexity index is 1270. The predicted octanol–water partition coefficient (Wildman–Crippen LogP) is 5.79. The van der Waals surface area contributed by atoms with Crippen LogP contribution in [0.15, 0.2) is 17.3 Å². The van der Waals surface area contributed by atoms with Crippen molar-refractivity contribution in [1.29, 1.82) is 0 Å². The number of carbonyl (C=O) groups excluding carboxylic acids is 2. The fourth-order valence-electron chi connectivity index (χ4n) is 4.82. The maximum atomic E-state index is 14.5. The molecule has 6 nitrogen and oxygen atoms in total. The molecule has 1 unspecified atom stereocenters. The number of benzene rings is 1. The smallest absolute Gasteiger partial charge is 0.374 e. The van der Waals surface area contributed by atoms with Crippen molar-refractivity contribution in [2.45, 2.75) is 56.3 Å². The van der Waals surface area contributed by atoms with Crippen molar-refractivity contribution < 1.29 is 27.6 Å². The molecule has 3 heterocycles. The van der Waals surface area contributed by atoms with E-state index in [1.807, 2.05) is 0 Å². The summed E-state index contributed by atoms with van der Waals surface area (Å²) in [7, 11) is 0. The van der Waals surface area contributed by atoms with Gasteiger partial charge in [0, 0.05) is 12.1 Å². The maximum Gasteiger partial charge on any atom is 0.435 e. The highest BCUT2D eigenvalue weighted by molar-refractivity contribution is 7.16. The lowest BCUT2D eigenvalue weighted by Crippen LogP contribution is -2.42. The van der Waals surface area contributed by atoms with Crippen molar-refractivity contribution in [2.75, 3.05) is 6.54 Å². The summed E-state index contributed by atoms with van der Waals surface area (Å²) in [6.07, 6.45) is -2.09. The SMILES string of the molecule is O=C(N[C@@H]1CCNC1=O)c1sc(C2=NOC(c3cc(Cl)c(Cl)c(Cl)c3)(C(F)(F)F)C2)c2c1CCCC2. The molecule has 3 aliphatic rings. The van der Waals surface area contributed by atoms with Gasteiger partial charge in [0.15, 0.2) is 0 Å². The van der Waals surface area contributed by atoms with E-state index in [9.17, 15) is 22.8 Å². The molecule has 13 heteroatoms. The zero-order valence-electron chi connectivity index (χ0n) is 18.5. The van der Waals surface area contributed by atoms with Gasteiger partial charge in [0.1, 0.15) is 11.8 Å². The second-order valence-corrected chi connectivity index (χ2v) is 11.1. The number of hydrogen-bond donors (Lipinski definition) is 2. The highest BCUT2D eigenvalue weighted by Crippen LogP contribution is 2.51. The Morgan fingerprint density at radius 1 is 1.17 bits per heavy atom. The van der Waals surface area contributed by atoms with Crippen LogP contribution in [0.3, 0.4) is 0 Å². The number of amides is 2. The molecule has 0 radical (unpaired) electrons. The molecule has 0 saturated carbocycles. The third-order valence-electron chi connectivity index (χ3n) is 6.68. The summed E-state index contributed by atoms with van der Waals surface area (Å²) in [6, 6.07) is 1.53. The Morgan fingerprint density at radius 3 is 2.44 bits per heavy atom. The number of halogens is 6. The van der Waals surface area contributed by atoms with Crippen LogP contribution in [0, 0.1) is 0 Å². The minimum absolute atomic E-state index is 0.0579. The minimum atomic E-state index is -4.86. The van der Waals surface area contributed by atoms with Gasteiger partial charge >= 0.3 is 6.18 Å². The molecule has 2 aromatic rings. The van der Waals surface area contributed by atoms with E-state index in [0.29, 0.717) is 35.6 Å².